The molecule has 0 aliphatic carbocycles. The lowest BCUT2D eigenvalue weighted by atomic mass is 10.0. The second-order valence-electron chi connectivity index (χ2n) is 4.97. The van der Waals surface area contributed by atoms with Crippen LogP contribution in [0.2, 0.25) is 0 Å². The summed E-state index contributed by atoms with van der Waals surface area (Å²) in [5.74, 6) is 0.676. The molecular weight excluding hydrogens is 252 g/mol. The maximum atomic E-state index is 11.6. The van der Waals surface area contributed by atoms with E-state index in [1.807, 2.05) is 24.3 Å². The van der Waals surface area contributed by atoms with E-state index in [1.54, 1.807) is 0 Å². The van der Waals surface area contributed by atoms with Gasteiger partial charge in [0.2, 0.25) is 0 Å². The molecule has 0 aromatic heterocycles. The van der Waals surface area contributed by atoms with E-state index >= 15 is 0 Å². The number of carbonyl (C=O) groups is 1. The summed E-state index contributed by atoms with van der Waals surface area (Å²) < 4.78 is 5.61. The third-order valence-electron chi connectivity index (χ3n) is 3.19. The Morgan fingerprint density at radius 3 is 2.80 bits per heavy atom. The van der Waals surface area contributed by atoms with Crippen LogP contribution in [0.1, 0.15) is 38.7 Å². The molecule has 0 saturated carbocycles. The van der Waals surface area contributed by atoms with Crippen molar-refractivity contribution in [2.75, 3.05) is 13.2 Å². The molecule has 1 aromatic rings. The van der Waals surface area contributed by atoms with Crippen LogP contribution in [0, 0.1) is 0 Å². The molecule has 0 bridgehead atoms. The van der Waals surface area contributed by atoms with Crippen molar-refractivity contribution in [2.45, 2.75) is 45.6 Å². The number of rotatable bonds is 9. The number of amides is 1. The molecule has 0 aliphatic heterocycles. The third-order valence-corrected chi connectivity index (χ3v) is 3.19. The topological polar surface area (TPSA) is 64.3 Å². The molecule has 20 heavy (non-hydrogen) atoms. The largest absolute Gasteiger partial charge is 0.483 e. The van der Waals surface area contributed by atoms with Crippen LogP contribution in [0.4, 0.5) is 0 Å². The van der Waals surface area contributed by atoms with Gasteiger partial charge in [0.05, 0.1) is 0 Å². The van der Waals surface area contributed by atoms with Crippen LogP contribution in [0.15, 0.2) is 24.3 Å². The Bertz CT molecular complexity index is 407. The van der Waals surface area contributed by atoms with Crippen molar-refractivity contribution in [1.82, 2.24) is 5.32 Å². The monoisotopic (exact) mass is 278 g/mol. The first-order valence-corrected chi connectivity index (χ1v) is 7.40. The lowest BCUT2D eigenvalue weighted by Gasteiger charge is -2.14. The van der Waals surface area contributed by atoms with Crippen molar-refractivity contribution in [3.63, 3.8) is 0 Å². The molecule has 0 heterocycles. The molecule has 0 saturated heterocycles. The summed E-state index contributed by atoms with van der Waals surface area (Å²) in [5.41, 5.74) is 7.03. The van der Waals surface area contributed by atoms with Crippen LogP contribution < -0.4 is 15.8 Å². The van der Waals surface area contributed by atoms with Gasteiger partial charge in [-0.25, -0.2) is 0 Å². The molecule has 0 fully saturated rings. The Hall–Kier alpha value is -1.55. The van der Waals surface area contributed by atoms with Gasteiger partial charge in [-0.05, 0) is 30.9 Å². The van der Waals surface area contributed by atoms with Crippen LogP contribution in [0.5, 0.6) is 5.75 Å². The van der Waals surface area contributed by atoms with Gasteiger partial charge in [-0.2, -0.15) is 0 Å². The summed E-state index contributed by atoms with van der Waals surface area (Å²) in [6.07, 6.45) is 3.75. The van der Waals surface area contributed by atoms with Crippen molar-refractivity contribution in [3.05, 3.63) is 29.8 Å². The lowest BCUT2D eigenvalue weighted by Crippen LogP contribution is -2.30. The number of unbranched alkanes of at least 4 members (excludes halogenated alkanes) is 1. The number of hydrogen-bond donors (Lipinski definition) is 2. The van der Waals surface area contributed by atoms with Crippen molar-refractivity contribution >= 4 is 5.91 Å². The number of hydrogen-bond acceptors (Lipinski definition) is 3. The maximum Gasteiger partial charge on any atom is 0.257 e. The van der Waals surface area contributed by atoms with Gasteiger partial charge in [0.15, 0.2) is 6.61 Å². The Morgan fingerprint density at radius 1 is 1.35 bits per heavy atom. The van der Waals surface area contributed by atoms with E-state index < -0.39 is 0 Å². The van der Waals surface area contributed by atoms with Crippen molar-refractivity contribution in [1.29, 1.82) is 0 Å². The van der Waals surface area contributed by atoms with Gasteiger partial charge in [-0.15, -0.1) is 0 Å². The third kappa shape index (κ3) is 6.06. The van der Waals surface area contributed by atoms with E-state index in [9.17, 15) is 4.79 Å². The molecule has 4 nitrogen and oxygen atoms in total. The summed E-state index contributed by atoms with van der Waals surface area (Å²) in [6, 6.07) is 7.88. The predicted octanol–water partition coefficient (Wildman–Crippen LogP) is 2.26. The minimum absolute atomic E-state index is 0.0576. The van der Waals surface area contributed by atoms with Crippen LogP contribution in [-0.2, 0) is 11.2 Å². The zero-order valence-corrected chi connectivity index (χ0v) is 12.5. The van der Waals surface area contributed by atoms with Gasteiger partial charge in [0.1, 0.15) is 5.75 Å². The number of carbonyl (C=O) groups excluding carboxylic acids is 1. The maximum absolute atomic E-state index is 11.6. The molecular formula is C16H26N2O2. The standard InChI is InChI=1S/C16H26N2O2/c1-3-5-10-18-16(19)12-20-15-9-7-6-8-13(15)11-14(17)4-2/h6-9,14H,3-5,10-12,17H2,1-2H3,(H,18,19). The highest BCUT2D eigenvalue weighted by Crippen LogP contribution is 2.19. The first-order valence-electron chi connectivity index (χ1n) is 7.40. The fourth-order valence-electron chi connectivity index (χ4n) is 1.84. The second-order valence-corrected chi connectivity index (χ2v) is 4.97. The first-order chi connectivity index (χ1) is 9.67. The molecule has 1 rings (SSSR count). The first kappa shape index (κ1) is 16.5. The highest BCUT2D eigenvalue weighted by molar-refractivity contribution is 5.77. The zero-order chi connectivity index (χ0) is 14.8. The zero-order valence-electron chi connectivity index (χ0n) is 12.5. The fraction of sp³-hybridized carbons (Fsp3) is 0.562. The molecule has 112 valence electrons. The summed E-state index contributed by atoms with van der Waals surface area (Å²) in [6.45, 7) is 4.92. The quantitative estimate of drug-likeness (QED) is 0.681. The molecule has 0 aliphatic rings. The molecule has 0 radical (unpaired) electrons. The van der Waals surface area contributed by atoms with Crippen molar-refractivity contribution < 1.29 is 9.53 Å². The van der Waals surface area contributed by atoms with Crippen LogP contribution >= 0.6 is 0 Å². The Balaban J connectivity index is 2.48. The number of nitrogens with two attached hydrogens (primary N) is 1. The highest BCUT2D eigenvalue weighted by Gasteiger charge is 2.09. The lowest BCUT2D eigenvalue weighted by molar-refractivity contribution is -0.123. The van der Waals surface area contributed by atoms with E-state index in [2.05, 4.69) is 19.2 Å². The van der Waals surface area contributed by atoms with E-state index in [0.29, 0.717) is 6.54 Å². The Morgan fingerprint density at radius 2 is 2.10 bits per heavy atom. The summed E-state index contributed by atoms with van der Waals surface area (Å²) in [4.78, 5) is 11.6. The number of benzene rings is 1. The van der Waals surface area contributed by atoms with Crippen LogP contribution in [0.3, 0.4) is 0 Å². The van der Waals surface area contributed by atoms with Crippen LogP contribution in [0.25, 0.3) is 0 Å². The number of ether oxygens (including phenoxy) is 1. The molecule has 3 N–H and O–H groups in total. The SMILES string of the molecule is CCCCNC(=O)COc1ccccc1CC(N)CC. The van der Waals surface area contributed by atoms with E-state index in [0.717, 1.165) is 37.0 Å². The minimum Gasteiger partial charge on any atom is -0.483 e. The molecule has 0 spiro atoms. The van der Waals surface area contributed by atoms with E-state index in [1.165, 1.54) is 0 Å². The fourth-order valence-corrected chi connectivity index (χ4v) is 1.84. The smallest absolute Gasteiger partial charge is 0.257 e. The predicted molar refractivity (Wildman–Crippen MR) is 81.8 cm³/mol. The van der Waals surface area contributed by atoms with E-state index in [4.69, 9.17) is 10.5 Å². The molecule has 1 unspecified atom stereocenters. The molecule has 4 heteroatoms. The summed E-state index contributed by atoms with van der Waals surface area (Å²) >= 11 is 0. The molecule has 1 aromatic carbocycles. The van der Waals surface area contributed by atoms with Gasteiger partial charge in [-0.3, -0.25) is 4.79 Å². The molecule has 1 atom stereocenters. The van der Waals surface area contributed by atoms with E-state index in [-0.39, 0.29) is 18.6 Å². The van der Waals surface area contributed by atoms with Crippen molar-refractivity contribution in [3.8, 4) is 5.75 Å². The second kappa shape index (κ2) is 9.37. The molecule has 1 amide bonds. The van der Waals surface area contributed by atoms with Gasteiger partial charge < -0.3 is 15.8 Å². The average molecular weight is 278 g/mol. The summed E-state index contributed by atoms with van der Waals surface area (Å²) in [5, 5.41) is 2.84. The van der Waals surface area contributed by atoms with Crippen molar-refractivity contribution in [2.24, 2.45) is 5.73 Å². The number of para-hydroxylation sites is 1. The Kier molecular flexibility index (Phi) is 7.73. The minimum atomic E-state index is -0.0759. The number of nitrogens with one attached hydrogen (secondary N) is 1. The van der Waals surface area contributed by atoms with Gasteiger partial charge in [0.25, 0.3) is 5.91 Å². The summed E-state index contributed by atoms with van der Waals surface area (Å²) in [7, 11) is 0. The van der Waals surface area contributed by atoms with Crippen LogP contribution in [-0.4, -0.2) is 25.1 Å². The average Bonchev–Trinajstić information content (AvgIpc) is 2.46. The van der Waals surface area contributed by atoms with Gasteiger partial charge >= 0.3 is 0 Å². The normalized spacial score (nSPS) is 11.9. The van der Waals surface area contributed by atoms with Gasteiger partial charge in [0, 0.05) is 12.6 Å². The van der Waals surface area contributed by atoms with Gasteiger partial charge in [-0.1, -0.05) is 38.5 Å². The highest BCUT2D eigenvalue weighted by atomic mass is 16.5. The Labute approximate surface area is 121 Å².